The first kappa shape index (κ1) is 43.7. The number of aliphatic hydroxyl groups excluding tert-OH is 1. The Morgan fingerprint density at radius 2 is 1.65 bits per heavy atom. The number of amides is 4. The molecule has 298 valence electrons. The summed E-state index contributed by atoms with van der Waals surface area (Å²) in [6.45, 7) is 8.36. The zero-order chi connectivity index (χ0) is 40.9. The topological polar surface area (TPSA) is 249 Å². The van der Waals surface area contributed by atoms with Crippen LogP contribution in [0, 0.1) is 16.0 Å². The number of ether oxygens (including phenoxy) is 2. The summed E-state index contributed by atoms with van der Waals surface area (Å²) in [4.78, 5) is 87.8. The third-order valence-corrected chi connectivity index (χ3v) is 8.82. The van der Waals surface area contributed by atoms with E-state index >= 15 is 0 Å². The zero-order valence-corrected chi connectivity index (χ0v) is 31.9. The molecule has 17 heteroatoms. The van der Waals surface area contributed by atoms with Crippen LogP contribution >= 0.6 is 0 Å². The number of hydrogen-bond acceptors (Lipinski definition) is 12. The number of imidazole rings is 1. The number of esters is 1. The monoisotopic (exact) mass is 765 g/mol. The number of rotatable bonds is 18. The number of aromatic amines is 1. The number of para-hydroxylation sites is 1. The molecule has 2 aromatic carbocycles. The molecule has 1 aromatic heterocycles. The molecule has 0 aliphatic rings. The summed E-state index contributed by atoms with van der Waals surface area (Å²) in [6, 6.07) is 9.16. The minimum Gasteiger partial charge on any atom is -0.467 e. The number of methoxy groups -OCH3 is 1. The molecular formula is C38H51N7O10. The first-order chi connectivity index (χ1) is 25.9. The third-order valence-electron chi connectivity index (χ3n) is 8.82. The molecule has 0 radical (unpaired) electrons. The van der Waals surface area contributed by atoms with Crippen molar-refractivity contribution in [2.45, 2.75) is 103 Å². The van der Waals surface area contributed by atoms with E-state index in [9.17, 15) is 39.2 Å². The highest BCUT2D eigenvalue weighted by atomic mass is 16.6. The van der Waals surface area contributed by atoms with Crippen molar-refractivity contribution < 1.29 is 43.5 Å². The van der Waals surface area contributed by atoms with Crippen molar-refractivity contribution in [2.24, 2.45) is 11.7 Å². The maximum Gasteiger partial charge on any atom is 0.408 e. The largest absolute Gasteiger partial charge is 0.467 e. The molecule has 0 bridgehead atoms. The van der Waals surface area contributed by atoms with Crippen LogP contribution in [0.3, 0.4) is 0 Å². The van der Waals surface area contributed by atoms with Gasteiger partial charge in [0.1, 0.15) is 23.7 Å². The van der Waals surface area contributed by atoms with Gasteiger partial charge in [-0.1, -0.05) is 68.8 Å². The molecule has 2 unspecified atom stereocenters. The number of nitro groups is 1. The van der Waals surface area contributed by atoms with E-state index in [-0.39, 0.29) is 30.5 Å². The van der Waals surface area contributed by atoms with Crippen LogP contribution in [0.1, 0.15) is 64.3 Å². The van der Waals surface area contributed by atoms with Crippen LogP contribution in [0.5, 0.6) is 0 Å². The molecule has 0 spiro atoms. The highest BCUT2D eigenvalue weighted by Crippen LogP contribution is 2.23. The lowest BCUT2D eigenvalue weighted by molar-refractivity contribution is -0.385. The van der Waals surface area contributed by atoms with E-state index in [0.29, 0.717) is 22.6 Å². The molecule has 3 aromatic rings. The fourth-order valence-corrected chi connectivity index (χ4v) is 5.80. The van der Waals surface area contributed by atoms with Gasteiger partial charge in [-0.2, -0.15) is 0 Å². The first-order valence-corrected chi connectivity index (χ1v) is 17.9. The number of imide groups is 1. The molecule has 0 aliphatic carbocycles. The van der Waals surface area contributed by atoms with Crippen LogP contribution in [-0.4, -0.2) is 97.7 Å². The number of benzene rings is 2. The van der Waals surface area contributed by atoms with Gasteiger partial charge in [-0.25, -0.2) is 14.6 Å². The van der Waals surface area contributed by atoms with Gasteiger partial charge in [0.2, 0.25) is 11.8 Å². The second-order valence-electron chi connectivity index (χ2n) is 14.2. The molecule has 0 saturated heterocycles. The molecular weight excluding hydrogens is 714 g/mol. The van der Waals surface area contributed by atoms with E-state index in [1.165, 1.54) is 30.7 Å². The van der Waals surface area contributed by atoms with Gasteiger partial charge in [0.25, 0.3) is 11.6 Å². The highest BCUT2D eigenvalue weighted by Gasteiger charge is 2.43. The predicted octanol–water partition coefficient (Wildman–Crippen LogP) is 2.75. The quantitative estimate of drug-likeness (QED) is 0.0713. The van der Waals surface area contributed by atoms with Crippen LogP contribution < -0.4 is 16.4 Å². The van der Waals surface area contributed by atoms with Gasteiger partial charge < -0.3 is 35.9 Å². The van der Waals surface area contributed by atoms with E-state index in [1.807, 2.05) is 0 Å². The first-order valence-electron chi connectivity index (χ1n) is 17.9. The Labute approximate surface area is 319 Å². The summed E-state index contributed by atoms with van der Waals surface area (Å²) >= 11 is 0. The number of aromatic nitrogens is 2. The Balaban J connectivity index is 2.02. The van der Waals surface area contributed by atoms with E-state index in [2.05, 4.69) is 20.6 Å². The smallest absolute Gasteiger partial charge is 0.408 e. The summed E-state index contributed by atoms with van der Waals surface area (Å²) in [7, 11) is 1.10. The molecule has 0 saturated carbocycles. The molecule has 6 N–H and O–H groups in total. The fourth-order valence-electron chi connectivity index (χ4n) is 5.80. The summed E-state index contributed by atoms with van der Waals surface area (Å²) in [5.41, 5.74) is 6.42. The standard InChI is InChI=1S/C38H51N7O10/c1-7-23(2)33(36(50)54-6)44(32(47)20-31(46)27(39)18-25-15-11-12-16-30(25)45(52)53)35(49)29(19-26-21-40-22-41-26)42-34(48)28(17-24-13-9-8-10-14-24)43-37(51)55-38(3,4)5/h8-16,21-23,27-29,31,33,46H,7,17-20,39H2,1-6H3,(H,40,41)(H,42,48)(H,43,51)/t23?,27-,28-,29-,31?,33-/m0/s1. The van der Waals surface area contributed by atoms with Gasteiger partial charge in [-0.05, 0) is 38.7 Å². The lowest BCUT2D eigenvalue weighted by Crippen LogP contribution is -2.61. The highest BCUT2D eigenvalue weighted by molar-refractivity contribution is 6.03. The maximum absolute atomic E-state index is 14.7. The predicted molar refractivity (Wildman–Crippen MR) is 200 cm³/mol. The number of carbonyl (C=O) groups excluding carboxylic acids is 5. The Morgan fingerprint density at radius 3 is 2.24 bits per heavy atom. The summed E-state index contributed by atoms with van der Waals surface area (Å²) < 4.78 is 10.4. The molecule has 0 fully saturated rings. The van der Waals surface area contributed by atoms with Gasteiger partial charge >= 0.3 is 12.1 Å². The number of nitrogens with one attached hydrogen (secondary N) is 3. The molecule has 0 aliphatic heterocycles. The molecule has 6 atom stereocenters. The molecule has 3 rings (SSSR count). The van der Waals surface area contributed by atoms with Crippen LogP contribution in [-0.2, 0) is 47.9 Å². The Bertz CT molecular complexity index is 1760. The van der Waals surface area contributed by atoms with E-state index in [0.717, 1.165) is 7.11 Å². The van der Waals surface area contributed by atoms with Gasteiger partial charge in [-0.15, -0.1) is 0 Å². The number of aliphatic hydroxyl groups is 1. The minimum absolute atomic E-state index is 0.000834. The summed E-state index contributed by atoms with van der Waals surface area (Å²) in [6.07, 6.45) is -0.596. The number of nitro benzene ring substituents is 1. The van der Waals surface area contributed by atoms with Gasteiger partial charge in [-0.3, -0.25) is 29.4 Å². The molecule has 17 nitrogen and oxygen atoms in total. The van der Waals surface area contributed by atoms with Crippen LogP contribution in [0.15, 0.2) is 67.1 Å². The average Bonchev–Trinajstić information content (AvgIpc) is 3.65. The summed E-state index contributed by atoms with van der Waals surface area (Å²) in [5, 5.41) is 28.0. The van der Waals surface area contributed by atoms with Crippen molar-refractivity contribution in [3.8, 4) is 0 Å². The van der Waals surface area contributed by atoms with Crippen molar-refractivity contribution in [2.75, 3.05) is 7.11 Å². The number of nitrogens with zero attached hydrogens (tertiary/aromatic N) is 3. The lowest BCUT2D eigenvalue weighted by Gasteiger charge is -2.35. The Morgan fingerprint density at radius 1 is 1.00 bits per heavy atom. The maximum atomic E-state index is 14.7. The van der Waals surface area contributed by atoms with Crippen LogP contribution in [0.4, 0.5) is 10.5 Å². The van der Waals surface area contributed by atoms with Crippen LogP contribution in [0.25, 0.3) is 0 Å². The summed E-state index contributed by atoms with van der Waals surface area (Å²) in [5.74, 6) is -4.40. The second kappa shape index (κ2) is 20.1. The zero-order valence-electron chi connectivity index (χ0n) is 31.9. The van der Waals surface area contributed by atoms with Crippen molar-refractivity contribution in [3.63, 3.8) is 0 Å². The fraction of sp³-hybridized carbons (Fsp3) is 0.474. The Kier molecular flexibility index (Phi) is 16.0. The van der Waals surface area contributed by atoms with Crippen LogP contribution in [0.2, 0.25) is 0 Å². The molecule has 1 heterocycles. The number of nitrogens with two attached hydrogens (primary N) is 1. The van der Waals surface area contributed by atoms with E-state index in [1.54, 1.807) is 71.0 Å². The van der Waals surface area contributed by atoms with Gasteiger partial charge in [0, 0.05) is 42.4 Å². The van der Waals surface area contributed by atoms with Crippen molar-refractivity contribution >= 4 is 35.5 Å². The number of carbonyl (C=O) groups is 5. The third kappa shape index (κ3) is 13.0. The Hall–Kier alpha value is -5.68. The SMILES string of the molecule is CCC(C)[C@@H](C(=O)OC)N(C(=O)CC(O)[C@@H](N)Cc1ccccc1[N+](=O)[O-])C(=O)[C@H](Cc1cnc[nH]1)NC(=O)[C@H](Cc1ccccc1)NC(=O)OC(C)(C)C. The van der Waals surface area contributed by atoms with E-state index < -0.39 is 82.9 Å². The normalized spacial score (nSPS) is 14.6. The number of hydrogen-bond donors (Lipinski definition) is 5. The van der Waals surface area contributed by atoms with E-state index in [4.69, 9.17) is 15.2 Å². The second-order valence-corrected chi connectivity index (χ2v) is 14.2. The minimum atomic E-state index is -1.62. The number of H-pyrrole nitrogens is 1. The van der Waals surface area contributed by atoms with Crippen molar-refractivity contribution in [1.82, 2.24) is 25.5 Å². The molecule has 55 heavy (non-hydrogen) atoms. The number of alkyl carbamates (subject to hydrolysis) is 1. The van der Waals surface area contributed by atoms with Crippen molar-refractivity contribution in [1.29, 1.82) is 0 Å². The average molecular weight is 766 g/mol. The van der Waals surface area contributed by atoms with Crippen molar-refractivity contribution in [3.05, 3.63) is 94.1 Å². The molecule has 4 amide bonds. The lowest BCUT2D eigenvalue weighted by atomic mass is 9.94. The van der Waals surface area contributed by atoms with Gasteiger partial charge in [0.05, 0.1) is 30.9 Å². The van der Waals surface area contributed by atoms with Gasteiger partial charge in [0.15, 0.2) is 0 Å².